The summed E-state index contributed by atoms with van der Waals surface area (Å²) in [6, 6.07) is -0.556. The fourth-order valence-corrected chi connectivity index (χ4v) is 2.95. The molecule has 2 aliphatic rings. The first-order valence-corrected chi connectivity index (χ1v) is 5.11. The number of fused-ring (bicyclic) bond motifs is 1. The molecule has 2 fully saturated rings. The number of carbonyl (C=O) groups excluding carboxylic acids is 1. The molecule has 0 spiro atoms. The number of aliphatic carboxylic acids is 1. The van der Waals surface area contributed by atoms with Gasteiger partial charge in [-0.05, 0) is 24.7 Å². The summed E-state index contributed by atoms with van der Waals surface area (Å²) >= 11 is 0. The predicted octanol–water partition coefficient (Wildman–Crippen LogP) is 0.718. The van der Waals surface area contributed by atoms with Gasteiger partial charge in [0.05, 0.1) is 0 Å². The molecule has 0 unspecified atom stereocenters. The van der Waals surface area contributed by atoms with E-state index in [1.54, 1.807) is 0 Å². The normalized spacial score (nSPS) is 35.8. The number of carbonyl (C=O) groups is 2. The maximum atomic E-state index is 11.3. The zero-order valence-corrected chi connectivity index (χ0v) is 8.27. The Balaban J connectivity index is 2.21. The van der Waals surface area contributed by atoms with Crippen LogP contribution in [0.4, 0.5) is 0 Å². The van der Waals surface area contributed by atoms with Crippen LogP contribution in [0.5, 0.6) is 0 Å². The Morgan fingerprint density at radius 1 is 1.36 bits per heavy atom. The zero-order chi connectivity index (χ0) is 10.3. The van der Waals surface area contributed by atoms with Crippen molar-refractivity contribution in [1.29, 1.82) is 0 Å². The molecule has 1 heterocycles. The first-order valence-electron chi connectivity index (χ1n) is 5.11. The van der Waals surface area contributed by atoms with Crippen LogP contribution in [0.3, 0.4) is 0 Å². The number of carboxylic acids is 1. The number of carboxylic acid groups (broad SMARTS) is 1. The molecule has 2 rings (SSSR count). The molecule has 4 nitrogen and oxygen atoms in total. The maximum Gasteiger partial charge on any atom is 0.326 e. The van der Waals surface area contributed by atoms with Gasteiger partial charge in [0.15, 0.2) is 0 Å². The summed E-state index contributed by atoms with van der Waals surface area (Å²) in [5.41, 5.74) is 0. The van der Waals surface area contributed by atoms with Gasteiger partial charge in [0.25, 0.3) is 0 Å². The highest BCUT2D eigenvalue weighted by molar-refractivity contribution is 5.83. The average Bonchev–Trinajstić information content (AvgIpc) is 2.58. The number of rotatable bonds is 1. The second-order valence-corrected chi connectivity index (χ2v) is 4.31. The second kappa shape index (κ2) is 3.26. The molecule has 78 valence electrons. The molecular formula is C10H15NO3. The van der Waals surface area contributed by atoms with Crippen molar-refractivity contribution in [3.8, 4) is 0 Å². The van der Waals surface area contributed by atoms with Crippen molar-refractivity contribution in [3.63, 3.8) is 0 Å². The van der Waals surface area contributed by atoms with E-state index in [0.29, 0.717) is 12.5 Å². The number of hydrogen-bond donors (Lipinski definition) is 1. The topological polar surface area (TPSA) is 57.6 Å². The highest BCUT2D eigenvalue weighted by Gasteiger charge is 2.48. The molecule has 1 saturated heterocycles. The van der Waals surface area contributed by atoms with Crippen LogP contribution in [0.15, 0.2) is 0 Å². The van der Waals surface area contributed by atoms with Gasteiger partial charge < -0.3 is 10.0 Å². The fourth-order valence-electron chi connectivity index (χ4n) is 2.95. The lowest BCUT2D eigenvalue weighted by atomic mass is 9.94. The lowest BCUT2D eigenvalue weighted by Crippen LogP contribution is -2.42. The Labute approximate surface area is 82.9 Å². The summed E-state index contributed by atoms with van der Waals surface area (Å²) in [7, 11) is 0. The molecule has 1 aliphatic heterocycles. The van der Waals surface area contributed by atoms with Gasteiger partial charge in [-0.15, -0.1) is 0 Å². The standard InChI is InChI=1S/C10H15NO3/c1-6(12)11-5-7-3-2-4-8(7)9(11)10(13)14/h7-9H,2-5H2,1H3,(H,13,14)/t7-,8-,9+/m0/s1. The third kappa shape index (κ3) is 1.29. The molecule has 0 radical (unpaired) electrons. The molecule has 14 heavy (non-hydrogen) atoms. The molecule has 0 aromatic carbocycles. The summed E-state index contributed by atoms with van der Waals surface area (Å²) in [6.07, 6.45) is 3.16. The van der Waals surface area contributed by atoms with Gasteiger partial charge in [0, 0.05) is 13.5 Å². The van der Waals surface area contributed by atoms with Crippen LogP contribution in [-0.4, -0.2) is 34.5 Å². The van der Waals surface area contributed by atoms with Crippen LogP contribution in [0.25, 0.3) is 0 Å². The Bertz CT molecular complexity index is 277. The second-order valence-electron chi connectivity index (χ2n) is 4.31. The van der Waals surface area contributed by atoms with E-state index in [1.165, 1.54) is 11.8 Å². The van der Waals surface area contributed by atoms with E-state index in [4.69, 9.17) is 5.11 Å². The number of hydrogen-bond acceptors (Lipinski definition) is 2. The maximum absolute atomic E-state index is 11.3. The fraction of sp³-hybridized carbons (Fsp3) is 0.800. The summed E-state index contributed by atoms with van der Waals surface area (Å²) in [5.74, 6) is -0.308. The monoisotopic (exact) mass is 197 g/mol. The van der Waals surface area contributed by atoms with E-state index in [2.05, 4.69) is 0 Å². The zero-order valence-electron chi connectivity index (χ0n) is 8.27. The lowest BCUT2D eigenvalue weighted by Gasteiger charge is -2.22. The van der Waals surface area contributed by atoms with Gasteiger partial charge in [-0.2, -0.15) is 0 Å². The van der Waals surface area contributed by atoms with Gasteiger partial charge in [-0.3, -0.25) is 4.79 Å². The van der Waals surface area contributed by atoms with Crippen molar-refractivity contribution in [2.24, 2.45) is 11.8 Å². The minimum absolute atomic E-state index is 0.105. The molecule has 4 heteroatoms. The molecule has 0 aromatic rings. The van der Waals surface area contributed by atoms with Crippen molar-refractivity contribution >= 4 is 11.9 Å². The summed E-state index contributed by atoms with van der Waals surface area (Å²) < 4.78 is 0. The van der Waals surface area contributed by atoms with E-state index in [-0.39, 0.29) is 11.8 Å². The minimum atomic E-state index is -0.838. The molecule has 0 bridgehead atoms. The van der Waals surface area contributed by atoms with Crippen LogP contribution in [-0.2, 0) is 9.59 Å². The van der Waals surface area contributed by atoms with Gasteiger partial charge in [0.1, 0.15) is 6.04 Å². The van der Waals surface area contributed by atoms with Gasteiger partial charge in [-0.1, -0.05) is 6.42 Å². The van der Waals surface area contributed by atoms with E-state index in [1.807, 2.05) is 0 Å². The molecular weight excluding hydrogens is 182 g/mol. The van der Waals surface area contributed by atoms with E-state index >= 15 is 0 Å². The van der Waals surface area contributed by atoms with Gasteiger partial charge in [-0.25, -0.2) is 4.79 Å². The summed E-state index contributed by atoms with van der Waals surface area (Å²) in [5, 5.41) is 9.09. The van der Waals surface area contributed by atoms with E-state index in [9.17, 15) is 9.59 Å². The van der Waals surface area contributed by atoms with Gasteiger partial charge >= 0.3 is 5.97 Å². The highest BCUT2D eigenvalue weighted by Crippen LogP contribution is 2.42. The smallest absolute Gasteiger partial charge is 0.326 e. The molecule has 0 aromatic heterocycles. The Morgan fingerprint density at radius 2 is 2.07 bits per heavy atom. The Hall–Kier alpha value is -1.06. The minimum Gasteiger partial charge on any atom is -0.480 e. The SMILES string of the molecule is CC(=O)N1C[C@@H]2CCC[C@@H]2[C@@H]1C(=O)O. The average molecular weight is 197 g/mol. The van der Waals surface area contributed by atoms with Crippen LogP contribution in [0, 0.1) is 11.8 Å². The van der Waals surface area contributed by atoms with Crippen LogP contribution < -0.4 is 0 Å². The molecule has 1 aliphatic carbocycles. The van der Waals surface area contributed by atoms with Crippen molar-refractivity contribution < 1.29 is 14.7 Å². The molecule has 1 saturated carbocycles. The third-order valence-corrected chi connectivity index (χ3v) is 3.55. The van der Waals surface area contributed by atoms with E-state index in [0.717, 1.165) is 19.3 Å². The van der Waals surface area contributed by atoms with Gasteiger partial charge in [0.2, 0.25) is 5.91 Å². The largest absolute Gasteiger partial charge is 0.480 e. The molecule has 1 amide bonds. The molecule has 3 atom stereocenters. The first kappa shape index (κ1) is 9.49. The van der Waals surface area contributed by atoms with Crippen molar-refractivity contribution in [3.05, 3.63) is 0 Å². The van der Waals surface area contributed by atoms with Crippen molar-refractivity contribution in [2.45, 2.75) is 32.2 Å². The highest BCUT2D eigenvalue weighted by atomic mass is 16.4. The van der Waals surface area contributed by atoms with Crippen LogP contribution >= 0.6 is 0 Å². The summed E-state index contributed by atoms with van der Waals surface area (Å²) in [4.78, 5) is 23.8. The number of amides is 1. The first-order chi connectivity index (χ1) is 6.61. The van der Waals surface area contributed by atoms with Crippen molar-refractivity contribution in [1.82, 2.24) is 4.90 Å². The Kier molecular flexibility index (Phi) is 2.21. The summed E-state index contributed by atoms with van der Waals surface area (Å²) in [6.45, 7) is 2.11. The predicted molar refractivity (Wildman–Crippen MR) is 49.6 cm³/mol. The molecule has 1 N–H and O–H groups in total. The third-order valence-electron chi connectivity index (χ3n) is 3.55. The van der Waals surface area contributed by atoms with Crippen LogP contribution in [0.2, 0.25) is 0 Å². The van der Waals surface area contributed by atoms with Crippen LogP contribution in [0.1, 0.15) is 26.2 Å². The van der Waals surface area contributed by atoms with Crippen molar-refractivity contribution in [2.75, 3.05) is 6.54 Å². The van der Waals surface area contributed by atoms with E-state index < -0.39 is 12.0 Å². The number of nitrogens with zero attached hydrogens (tertiary/aromatic N) is 1. The number of likely N-dealkylation sites (tertiary alicyclic amines) is 1. The lowest BCUT2D eigenvalue weighted by molar-refractivity contribution is -0.148. The Morgan fingerprint density at radius 3 is 2.64 bits per heavy atom. The quantitative estimate of drug-likeness (QED) is 0.673.